The highest BCUT2D eigenvalue weighted by Crippen LogP contribution is 2.22. The second-order valence-corrected chi connectivity index (χ2v) is 8.45. The van der Waals surface area contributed by atoms with Crippen molar-refractivity contribution in [2.24, 2.45) is 0 Å². The second kappa shape index (κ2) is 8.31. The topological polar surface area (TPSA) is 63.7 Å². The number of ether oxygens (including phenoxy) is 1. The van der Waals surface area contributed by atoms with Crippen LogP contribution in [0.1, 0.15) is 24.2 Å². The molecule has 2 aromatic carbocycles. The lowest BCUT2D eigenvalue weighted by Crippen LogP contribution is -2.39. The van der Waals surface area contributed by atoms with Gasteiger partial charge in [0.25, 0.3) is 5.91 Å². The molecule has 0 spiro atoms. The Kier molecular flexibility index (Phi) is 6.37. The van der Waals surface area contributed by atoms with E-state index in [1.165, 1.54) is 17.0 Å². The Balaban J connectivity index is 2.06. The molecule has 0 radical (unpaired) electrons. The first-order valence-electron chi connectivity index (χ1n) is 8.23. The van der Waals surface area contributed by atoms with Crippen molar-refractivity contribution in [2.75, 3.05) is 18.6 Å². The number of rotatable bonds is 7. The predicted octanol–water partition coefficient (Wildman–Crippen LogP) is 3.51. The number of carbonyl (C=O) groups is 1. The zero-order valence-corrected chi connectivity index (χ0v) is 15.8. The molecule has 0 heterocycles. The van der Waals surface area contributed by atoms with Gasteiger partial charge in [-0.3, -0.25) is 4.79 Å². The number of amides is 1. The van der Waals surface area contributed by atoms with Crippen molar-refractivity contribution in [3.63, 3.8) is 0 Å². The Labute approximate surface area is 153 Å². The third kappa shape index (κ3) is 5.29. The number of carbonyl (C=O) groups excluding carboxylic acids is 1. The fourth-order valence-electron chi connectivity index (χ4n) is 2.33. The van der Waals surface area contributed by atoms with E-state index in [4.69, 9.17) is 4.74 Å². The Morgan fingerprint density at radius 3 is 2.38 bits per heavy atom. The van der Waals surface area contributed by atoms with Crippen LogP contribution in [0.4, 0.5) is 4.39 Å². The summed E-state index contributed by atoms with van der Waals surface area (Å²) in [6.07, 6.45) is 0. The lowest BCUT2D eigenvalue weighted by atomic mass is 10.1. The Morgan fingerprint density at radius 1 is 1.15 bits per heavy atom. The minimum absolute atomic E-state index is 0.0471. The van der Waals surface area contributed by atoms with Crippen molar-refractivity contribution in [1.29, 1.82) is 0 Å². The summed E-state index contributed by atoms with van der Waals surface area (Å²) in [6, 6.07) is 11.7. The molecule has 0 aliphatic rings. The summed E-state index contributed by atoms with van der Waals surface area (Å²) >= 11 is 0. The van der Waals surface area contributed by atoms with E-state index in [2.05, 4.69) is 0 Å². The first kappa shape index (κ1) is 19.9. The number of hydrogen-bond acceptors (Lipinski definition) is 4. The third-order valence-corrected chi connectivity index (χ3v) is 5.92. The van der Waals surface area contributed by atoms with Crippen LogP contribution < -0.4 is 4.74 Å². The average molecular weight is 379 g/mol. The number of sulfone groups is 1. The molecule has 0 aliphatic carbocycles. The van der Waals surface area contributed by atoms with E-state index in [1.807, 2.05) is 0 Å². The monoisotopic (exact) mass is 379 g/mol. The zero-order chi connectivity index (χ0) is 19.3. The van der Waals surface area contributed by atoms with Crippen LogP contribution in [-0.2, 0) is 9.84 Å². The first-order valence-corrected chi connectivity index (χ1v) is 10.0. The number of nitrogens with zero attached hydrogens (tertiary/aromatic N) is 1. The van der Waals surface area contributed by atoms with E-state index < -0.39 is 21.7 Å². The first-order chi connectivity index (χ1) is 12.2. The maximum absolute atomic E-state index is 13.2. The number of benzene rings is 2. The molecule has 0 N–H and O–H groups in total. The lowest BCUT2D eigenvalue weighted by Gasteiger charge is -2.24. The summed E-state index contributed by atoms with van der Waals surface area (Å²) in [5.74, 6) is 0.127. The summed E-state index contributed by atoms with van der Waals surface area (Å²) < 4.78 is 42.2. The van der Waals surface area contributed by atoms with Crippen molar-refractivity contribution < 1.29 is 22.3 Å². The van der Waals surface area contributed by atoms with Crippen LogP contribution >= 0.6 is 0 Å². The van der Waals surface area contributed by atoms with Crippen molar-refractivity contribution in [2.45, 2.75) is 19.9 Å². The molecular formula is C19H22FNO4S. The average Bonchev–Trinajstić information content (AvgIpc) is 2.61. The van der Waals surface area contributed by atoms with Gasteiger partial charge in [0, 0.05) is 30.5 Å². The van der Waals surface area contributed by atoms with Crippen LogP contribution in [0.5, 0.6) is 11.5 Å². The van der Waals surface area contributed by atoms with Crippen molar-refractivity contribution in [3.05, 3.63) is 59.9 Å². The second-order valence-electron chi connectivity index (χ2n) is 6.05. The van der Waals surface area contributed by atoms with Gasteiger partial charge in [0.2, 0.25) is 0 Å². The Bertz CT molecular complexity index is 865. The van der Waals surface area contributed by atoms with Gasteiger partial charge in [-0.05, 0) is 43.3 Å². The summed E-state index contributed by atoms with van der Waals surface area (Å²) in [6.45, 7) is 3.29. The molecule has 5 nitrogen and oxygen atoms in total. The van der Waals surface area contributed by atoms with Gasteiger partial charge in [0.15, 0.2) is 9.84 Å². The molecule has 1 atom stereocenters. The highest BCUT2D eigenvalue weighted by atomic mass is 32.2. The summed E-state index contributed by atoms with van der Waals surface area (Å²) in [5.41, 5.74) is 0.417. The molecule has 2 aromatic rings. The molecule has 7 heteroatoms. The van der Waals surface area contributed by atoms with Gasteiger partial charge in [0.1, 0.15) is 17.3 Å². The summed E-state index contributed by atoms with van der Waals surface area (Å²) in [7, 11) is -1.59. The molecule has 0 saturated heterocycles. The largest absolute Gasteiger partial charge is 0.457 e. The lowest BCUT2D eigenvalue weighted by molar-refractivity contribution is 0.0757. The maximum Gasteiger partial charge on any atom is 0.253 e. The summed E-state index contributed by atoms with van der Waals surface area (Å²) in [4.78, 5) is 13.9. The fraction of sp³-hybridized carbons (Fsp3) is 0.316. The van der Waals surface area contributed by atoms with Gasteiger partial charge in [-0.15, -0.1) is 0 Å². The normalized spacial score (nSPS) is 12.5. The predicted molar refractivity (Wildman–Crippen MR) is 98.8 cm³/mol. The maximum atomic E-state index is 13.2. The molecule has 0 fully saturated rings. The molecule has 1 amide bonds. The highest BCUT2D eigenvalue weighted by Gasteiger charge is 2.22. The van der Waals surface area contributed by atoms with E-state index in [-0.39, 0.29) is 17.4 Å². The third-order valence-electron chi connectivity index (χ3n) is 4.05. The minimum atomic E-state index is -3.17. The van der Waals surface area contributed by atoms with Gasteiger partial charge in [-0.25, -0.2) is 12.8 Å². The number of hydrogen-bond donors (Lipinski definition) is 0. The van der Waals surface area contributed by atoms with Crippen molar-refractivity contribution >= 4 is 15.7 Å². The van der Waals surface area contributed by atoms with Gasteiger partial charge >= 0.3 is 0 Å². The molecule has 2 rings (SSSR count). The van der Waals surface area contributed by atoms with Gasteiger partial charge < -0.3 is 9.64 Å². The van der Waals surface area contributed by atoms with E-state index in [0.29, 0.717) is 17.1 Å². The van der Waals surface area contributed by atoms with Gasteiger partial charge in [-0.2, -0.15) is 0 Å². The van der Waals surface area contributed by atoms with Crippen molar-refractivity contribution in [1.82, 2.24) is 4.90 Å². The fourth-order valence-corrected chi connectivity index (χ4v) is 3.53. The van der Waals surface area contributed by atoms with Gasteiger partial charge in [-0.1, -0.05) is 13.0 Å². The zero-order valence-electron chi connectivity index (χ0n) is 15.0. The van der Waals surface area contributed by atoms with E-state index >= 15 is 0 Å². The summed E-state index contributed by atoms with van der Waals surface area (Å²) in [5, 5.41) is 0. The Morgan fingerprint density at radius 2 is 1.81 bits per heavy atom. The van der Waals surface area contributed by atoms with Crippen LogP contribution in [0.3, 0.4) is 0 Å². The Hall–Kier alpha value is -2.41. The molecule has 1 unspecified atom stereocenters. The molecule has 26 heavy (non-hydrogen) atoms. The van der Waals surface area contributed by atoms with Crippen LogP contribution in [-0.4, -0.2) is 43.8 Å². The number of halogens is 1. The van der Waals surface area contributed by atoms with Crippen molar-refractivity contribution in [3.8, 4) is 11.5 Å². The molecule has 0 aromatic heterocycles. The molecule has 140 valence electrons. The SMILES string of the molecule is CCS(=O)(=O)CC(C)N(C)C(=O)c1ccc(Oc2cccc(F)c2)cc1. The van der Waals surface area contributed by atoms with Gasteiger partial charge in [0.05, 0.1) is 5.75 Å². The van der Waals surface area contributed by atoms with Crippen LogP contribution in [0.2, 0.25) is 0 Å². The molecule has 0 bridgehead atoms. The highest BCUT2D eigenvalue weighted by molar-refractivity contribution is 7.91. The van der Waals surface area contributed by atoms with E-state index in [9.17, 15) is 17.6 Å². The molecule has 0 aliphatic heterocycles. The van der Waals surface area contributed by atoms with Crippen LogP contribution in [0, 0.1) is 5.82 Å². The standard InChI is InChI=1S/C19H22FNO4S/c1-4-26(23,24)13-14(2)21(3)19(22)15-8-10-17(11-9-15)25-18-7-5-6-16(20)12-18/h5-12,14H,4,13H2,1-3H3. The van der Waals surface area contributed by atoms with Crippen LogP contribution in [0.15, 0.2) is 48.5 Å². The molecular weight excluding hydrogens is 357 g/mol. The smallest absolute Gasteiger partial charge is 0.253 e. The quantitative estimate of drug-likeness (QED) is 0.738. The van der Waals surface area contributed by atoms with E-state index in [0.717, 1.165) is 0 Å². The van der Waals surface area contributed by atoms with Crippen LogP contribution in [0.25, 0.3) is 0 Å². The molecule has 0 saturated carbocycles. The minimum Gasteiger partial charge on any atom is -0.457 e. The van der Waals surface area contributed by atoms with E-state index in [1.54, 1.807) is 57.3 Å².